The molecule has 0 N–H and O–H groups in total. The van der Waals surface area contributed by atoms with E-state index in [0.29, 0.717) is 17.2 Å². The van der Waals surface area contributed by atoms with Crippen LogP contribution in [0.15, 0.2) is 64.5 Å². The van der Waals surface area contributed by atoms with E-state index in [4.69, 9.17) is 0 Å². The van der Waals surface area contributed by atoms with Gasteiger partial charge in [0.1, 0.15) is 10.7 Å². The van der Waals surface area contributed by atoms with Crippen molar-refractivity contribution < 1.29 is 8.42 Å². The molecule has 0 fully saturated rings. The van der Waals surface area contributed by atoms with Gasteiger partial charge in [-0.15, -0.1) is 0 Å². The number of sulfonamides is 1. The Morgan fingerprint density at radius 3 is 2.33 bits per heavy atom. The fourth-order valence-electron chi connectivity index (χ4n) is 2.24. The summed E-state index contributed by atoms with van der Waals surface area (Å²) in [6.45, 7) is 1.86. The molecule has 0 aromatic heterocycles. The van der Waals surface area contributed by atoms with Gasteiger partial charge in [0.25, 0.3) is 10.0 Å². The average Bonchev–Trinajstić information content (AvgIpc) is 2.47. The molecule has 0 saturated heterocycles. The zero-order valence-corrected chi connectivity index (χ0v) is 13.7. The quantitative estimate of drug-likeness (QED) is 0.762. The normalized spacial score (nSPS) is 17.8. The van der Waals surface area contributed by atoms with Crippen LogP contribution in [0.1, 0.15) is 6.92 Å². The highest BCUT2D eigenvalue weighted by Gasteiger charge is 2.36. The molecule has 0 aliphatic carbocycles. The van der Waals surface area contributed by atoms with Gasteiger partial charge in [0.05, 0.1) is 16.2 Å². The number of para-hydroxylation sites is 2. The Morgan fingerprint density at radius 2 is 1.67 bits per heavy atom. The van der Waals surface area contributed by atoms with Crippen molar-refractivity contribution in [3.8, 4) is 0 Å². The van der Waals surface area contributed by atoms with E-state index in [1.807, 2.05) is 25.1 Å². The lowest BCUT2D eigenvalue weighted by molar-refractivity contribution is 0.596. The van der Waals surface area contributed by atoms with Crippen LogP contribution >= 0.6 is 15.9 Å². The summed E-state index contributed by atoms with van der Waals surface area (Å²) in [6, 6.07) is 15.8. The van der Waals surface area contributed by atoms with Crippen molar-refractivity contribution in [1.82, 2.24) is 0 Å². The summed E-state index contributed by atoms with van der Waals surface area (Å²) in [7, 11) is -3.66. The fourth-order valence-corrected chi connectivity index (χ4v) is 4.36. The van der Waals surface area contributed by atoms with Crippen molar-refractivity contribution in [2.75, 3.05) is 4.31 Å². The highest BCUT2D eigenvalue weighted by atomic mass is 79.9. The van der Waals surface area contributed by atoms with Gasteiger partial charge in [-0.25, -0.2) is 17.7 Å². The summed E-state index contributed by atoms with van der Waals surface area (Å²) in [5, 5.41) is 0. The summed E-state index contributed by atoms with van der Waals surface area (Å²) in [5.41, 5.74) is 1.06. The van der Waals surface area contributed by atoms with Crippen molar-refractivity contribution in [2.24, 2.45) is 4.99 Å². The molecule has 1 unspecified atom stereocenters. The first-order chi connectivity index (χ1) is 10.0. The van der Waals surface area contributed by atoms with Crippen molar-refractivity contribution >= 4 is 43.2 Å². The molecule has 21 heavy (non-hydrogen) atoms. The number of aliphatic imine (C=N–C) groups is 1. The maximum absolute atomic E-state index is 12.9. The standard InChI is InChI=1S/C15H13BrN2O2S/c1-11(16)15-17-13-9-5-6-10-14(13)21(19,20)18(15)12-7-3-2-4-8-12/h2-11H,1H3. The Labute approximate surface area is 132 Å². The van der Waals surface area contributed by atoms with E-state index in [1.54, 1.807) is 36.4 Å². The van der Waals surface area contributed by atoms with Gasteiger partial charge in [-0.1, -0.05) is 46.3 Å². The number of anilines is 1. The molecule has 4 nitrogen and oxygen atoms in total. The summed E-state index contributed by atoms with van der Waals surface area (Å²) in [6.07, 6.45) is 0. The summed E-state index contributed by atoms with van der Waals surface area (Å²) < 4.78 is 27.2. The molecule has 2 aromatic carbocycles. The van der Waals surface area contributed by atoms with Gasteiger partial charge in [0.2, 0.25) is 0 Å². The van der Waals surface area contributed by atoms with Gasteiger partial charge in [0.15, 0.2) is 0 Å². The second kappa shape index (κ2) is 5.27. The number of hydrogen-bond donors (Lipinski definition) is 0. The molecule has 0 spiro atoms. The predicted molar refractivity (Wildman–Crippen MR) is 88.0 cm³/mol. The van der Waals surface area contributed by atoms with Gasteiger partial charge in [0, 0.05) is 0 Å². The molecule has 108 valence electrons. The number of halogens is 1. The number of benzene rings is 2. The third-order valence-electron chi connectivity index (χ3n) is 3.17. The Morgan fingerprint density at radius 1 is 1.05 bits per heavy atom. The summed E-state index contributed by atoms with van der Waals surface area (Å²) in [4.78, 5) is 4.55. The second-order valence-electron chi connectivity index (χ2n) is 4.66. The molecule has 0 amide bonds. The number of alkyl halides is 1. The molecule has 1 heterocycles. The van der Waals surface area contributed by atoms with Crippen molar-refractivity contribution in [1.29, 1.82) is 0 Å². The van der Waals surface area contributed by atoms with Crippen LogP contribution in [-0.4, -0.2) is 19.1 Å². The van der Waals surface area contributed by atoms with Gasteiger partial charge in [-0.3, -0.25) is 0 Å². The first-order valence-corrected chi connectivity index (χ1v) is 8.79. The first-order valence-electron chi connectivity index (χ1n) is 6.44. The van der Waals surface area contributed by atoms with Crippen LogP contribution in [0.3, 0.4) is 0 Å². The number of amidine groups is 1. The Kier molecular flexibility index (Phi) is 3.59. The lowest BCUT2D eigenvalue weighted by atomic mass is 10.3. The van der Waals surface area contributed by atoms with E-state index < -0.39 is 10.0 Å². The minimum absolute atomic E-state index is 0.194. The number of nitrogens with zero attached hydrogens (tertiary/aromatic N) is 2. The van der Waals surface area contributed by atoms with Gasteiger partial charge >= 0.3 is 0 Å². The zero-order valence-electron chi connectivity index (χ0n) is 11.3. The van der Waals surface area contributed by atoms with Gasteiger partial charge < -0.3 is 0 Å². The molecule has 1 atom stereocenters. The topological polar surface area (TPSA) is 49.7 Å². The van der Waals surface area contributed by atoms with Crippen LogP contribution < -0.4 is 4.31 Å². The molecule has 0 bridgehead atoms. The largest absolute Gasteiger partial charge is 0.271 e. The van der Waals surface area contributed by atoms with Gasteiger partial charge in [-0.2, -0.15) is 0 Å². The molecule has 2 aromatic rings. The molecular formula is C15H13BrN2O2S. The van der Waals surface area contributed by atoms with E-state index in [1.165, 1.54) is 4.31 Å². The van der Waals surface area contributed by atoms with Crippen LogP contribution in [0.2, 0.25) is 0 Å². The van der Waals surface area contributed by atoms with E-state index in [0.717, 1.165) is 0 Å². The molecule has 0 saturated carbocycles. The summed E-state index contributed by atoms with van der Waals surface area (Å²) >= 11 is 3.44. The highest BCUT2D eigenvalue weighted by Crippen LogP contribution is 2.36. The lowest BCUT2D eigenvalue weighted by Gasteiger charge is -2.31. The van der Waals surface area contributed by atoms with E-state index in [9.17, 15) is 8.42 Å². The van der Waals surface area contributed by atoms with Crippen LogP contribution in [0.4, 0.5) is 11.4 Å². The van der Waals surface area contributed by atoms with Crippen LogP contribution in [0.25, 0.3) is 0 Å². The SMILES string of the molecule is CC(Br)C1=Nc2ccccc2S(=O)(=O)N1c1ccccc1. The summed E-state index contributed by atoms with van der Waals surface area (Å²) in [5.74, 6) is 0.458. The van der Waals surface area contributed by atoms with Gasteiger partial charge in [-0.05, 0) is 31.2 Å². The second-order valence-corrected chi connectivity index (χ2v) is 7.79. The van der Waals surface area contributed by atoms with Crippen molar-refractivity contribution in [2.45, 2.75) is 16.6 Å². The average molecular weight is 365 g/mol. The minimum Gasteiger partial charge on any atom is -0.232 e. The number of hydrogen-bond acceptors (Lipinski definition) is 3. The molecule has 6 heteroatoms. The smallest absolute Gasteiger partial charge is 0.232 e. The van der Waals surface area contributed by atoms with Crippen LogP contribution in [0, 0.1) is 0 Å². The third-order valence-corrected chi connectivity index (χ3v) is 5.36. The molecular weight excluding hydrogens is 352 g/mol. The Hall–Kier alpha value is -1.66. The molecule has 1 aliphatic heterocycles. The molecule has 1 aliphatic rings. The minimum atomic E-state index is -3.66. The van der Waals surface area contributed by atoms with Crippen LogP contribution in [0.5, 0.6) is 0 Å². The predicted octanol–water partition coefficient (Wildman–Crippen LogP) is 3.71. The fraction of sp³-hybridized carbons (Fsp3) is 0.133. The van der Waals surface area contributed by atoms with E-state index >= 15 is 0 Å². The van der Waals surface area contributed by atoms with Crippen LogP contribution in [-0.2, 0) is 10.0 Å². The van der Waals surface area contributed by atoms with Crippen molar-refractivity contribution in [3.63, 3.8) is 0 Å². The van der Waals surface area contributed by atoms with E-state index in [-0.39, 0.29) is 9.72 Å². The Balaban J connectivity index is 2.29. The van der Waals surface area contributed by atoms with Crippen molar-refractivity contribution in [3.05, 3.63) is 54.6 Å². The zero-order chi connectivity index (χ0) is 15.0. The lowest BCUT2D eigenvalue weighted by Crippen LogP contribution is -2.42. The Bertz CT molecular complexity index is 801. The highest BCUT2D eigenvalue weighted by molar-refractivity contribution is 9.10. The third kappa shape index (κ3) is 2.38. The first kappa shape index (κ1) is 14.3. The number of rotatable bonds is 2. The monoisotopic (exact) mass is 364 g/mol. The van der Waals surface area contributed by atoms with E-state index in [2.05, 4.69) is 20.9 Å². The molecule has 0 radical (unpaired) electrons. The molecule has 3 rings (SSSR count). The maximum Gasteiger partial charge on any atom is 0.271 e. The number of fused-ring (bicyclic) bond motifs is 1. The maximum atomic E-state index is 12.9.